The molecule has 158 valence electrons. The molecular weight excluding hydrogens is 430 g/mol. The summed E-state index contributed by atoms with van der Waals surface area (Å²) in [7, 11) is 0. The molecule has 1 fully saturated rings. The van der Waals surface area contributed by atoms with Gasteiger partial charge in [-0.2, -0.15) is 0 Å². The lowest BCUT2D eigenvalue weighted by Crippen LogP contribution is -2.29. The molecule has 6 nitrogen and oxygen atoms in total. The van der Waals surface area contributed by atoms with E-state index in [1.54, 1.807) is 12.1 Å². The average Bonchev–Trinajstić information content (AvgIpc) is 3.36. The molecule has 1 aromatic heterocycles. The van der Waals surface area contributed by atoms with Gasteiger partial charge in [0.1, 0.15) is 5.76 Å². The minimum absolute atomic E-state index is 0.0546. The molecule has 31 heavy (non-hydrogen) atoms. The maximum Gasteiger partial charge on any atom is 0.301 e. The van der Waals surface area contributed by atoms with E-state index in [2.05, 4.69) is 17.1 Å². The van der Waals surface area contributed by atoms with Crippen molar-refractivity contribution in [1.82, 2.24) is 10.2 Å². The van der Waals surface area contributed by atoms with E-state index < -0.39 is 17.7 Å². The van der Waals surface area contributed by atoms with Crippen LogP contribution in [-0.2, 0) is 16.0 Å². The summed E-state index contributed by atoms with van der Waals surface area (Å²) in [5, 5.41) is 19.6. The van der Waals surface area contributed by atoms with Crippen LogP contribution < -0.4 is 4.90 Å². The Bertz CT molecular complexity index is 1170. The Morgan fingerprint density at radius 1 is 1.10 bits per heavy atom. The summed E-state index contributed by atoms with van der Waals surface area (Å²) in [6.45, 7) is 4.00. The molecule has 2 aromatic carbocycles. The van der Waals surface area contributed by atoms with Gasteiger partial charge in [-0.3, -0.25) is 14.5 Å². The van der Waals surface area contributed by atoms with Crippen LogP contribution in [0.1, 0.15) is 35.2 Å². The zero-order chi connectivity index (χ0) is 22.1. The highest BCUT2D eigenvalue weighted by atomic mass is 32.2. The van der Waals surface area contributed by atoms with Crippen molar-refractivity contribution in [2.45, 2.75) is 30.6 Å². The number of benzene rings is 2. The van der Waals surface area contributed by atoms with Crippen molar-refractivity contribution in [3.05, 3.63) is 76.4 Å². The fraction of sp³-hybridized carbons (Fsp3) is 0.217. The number of amides is 1. The second-order valence-electron chi connectivity index (χ2n) is 7.18. The van der Waals surface area contributed by atoms with Gasteiger partial charge in [-0.15, -0.1) is 10.2 Å². The van der Waals surface area contributed by atoms with Crippen LogP contribution in [0, 0.1) is 6.92 Å². The average molecular weight is 452 g/mol. The standard InChI is InChI=1S/C23H21N3O3S2/c1-4-14-7-11-15(12-8-14)18-17(19(27)16-9-5-13(2)6-10-16)20(28)21(29)26(18)22-24-25-23(30-3)31-22/h5-12,18,27H,4H2,1-3H3/t18-/m0/s1. The summed E-state index contributed by atoms with van der Waals surface area (Å²) in [6, 6.07) is 14.1. The predicted molar refractivity (Wildman–Crippen MR) is 123 cm³/mol. The smallest absolute Gasteiger partial charge is 0.301 e. The molecule has 0 unspecified atom stereocenters. The van der Waals surface area contributed by atoms with Crippen molar-refractivity contribution < 1.29 is 14.7 Å². The topological polar surface area (TPSA) is 83.4 Å². The maximum absolute atomic E-state index is 13.1. The molecule has 1 saturated heterocycles. The molecule has 0 saturated carbocycles. The van der Waals surface area contributed by atoms with Crippen LogP contribution in [0.4, 0.5) is 5.13 Å². The number of carbonyl (C=O) groups is 2. The number of nitrogens with zero attached hydrogens (tertiary/aromatic N) is 3. The molecular formula is C23H21N3O3S2. The van der Waals surface area contributed by atoms with Gasteiger partial charge >= 0.3 is 5.91 Å². The van der Waals surface area contributed by atoms with Crippen molar-refractivity contribution in [2.75, 3.05) is 11.2 Å². The first-order chi connectivity index (χ1) is 14.9. The van der Waals surface area contributed by atoms with Crippen molar-refractivity contribution >= 4 is 45.7 Å². The zero-order valence-electron chi connectivity index (χ0n) is 17.3. The van der Waals surface area contributed by atoms with Crippen molar-refractivity contribution in [2.24, 2.45) is 0 Å². The highest BCUT2D eigenvalue weighted by molar-refractivity contribution is 8.00. The second-order valence-corrected chi connectivity index (χ2v) is 9.19. The molecule has 0 spiro atoms. The van der Waals surface area contributed by atoms with Crippen LogP contribution in [0.3, 0.4) is 0 Å². The fourth-order valence-electron chi connectivity index (χ4n) is 3.53. The van der Waals surface area contributed by atoms with Gasteiger partial charge in [0.05, 0.1) is 11.6 Å². The first-order valence-corrected chi connectivity index (χ1v) is 11.8. The minimum Gasteiger partial charge on any atom is -0.507 e. The van der Waals surface area contributed by atoms with Gasteiger partial charge in [-0.1, -0.05) is 84.1 Å². The number of ketones is 1. The van der Waals surface area contributed by atoms with Gasteiger partial charge < -0.3 is 5.11 Å². The van der Waals surface area contributed by atoms with Crippen LogP contribution in [0.5, 0.6) is 0 Å². The predicted octanol–water partition coefficient (Wildman–Crippen LogP) is 4.76. The first kappa shape index (κ1) is 21.3. The van der Waals surface area contributed by atoms with E-state index in [9.17, 15) is 14.7 Å². The molecule has 2 heterocycles. The fourth-order valence-corrected chi connectivity index (χ4v) is 4.82. The third-order valence-corrected chi connectivity index (χ3v) is 7.15. The summed E-state index contributed by atoms with van der Waals surface area (Å²) < 4.78 is 0.690. The summed E-state index contributed by atoms with van der Waals surface area (Å²) >= 11 is 2.66. The number of aliphatic hydroxyl groups is 1. The number of carbonyl (C=O) groups excluding carboxylic acids is 2. The van der Waals surface area contributed by atoms with Gasteiger partial charge in [0.15, 0.2) is 4.34 Å². The lowest BCUT2D eigenvalue weighted by molar-refractivity contribution is -0.132. The van der Waals surface area contributed by atoms with Gasteiger partial charge in [-0.25, -0.2) is 0 Å². The lowest BCUT2D eigenvalue weighted by atomic mass is 9.94. The molecule has 0 aliphatic carbocycles. The van der Waals surface area contributed by atoms with E-state index in [1.165, 1.54) is 28.0 Å². The minimum atomic E-state index is -0.783. The van der Waals surface area contributed by atoms with Crippen LogP contribution in [0.25, 0.3) is 5.76 Å². The summed E-state index contributed by atoms with van der Waals surface area (Å²) in [5.41, 5.74) is 3.44. The number of rotatable bonds is 5. The molecule has 1 N–H and O–H groups in total. The van der Waals surface area contributed by atoms with Crippen molar-refractivity contribution in [3.63, 3.8) is 0 Å². The maximum atomic E-state index is 13.1. The Kier molecular flexibility index (Phi) is 5.93. The van der Waals surface area contributed by atoms with Crippen molar-refractivity contribution in [3.8, 4) is 0 Å². The highest BCUT2D eigenvalue weighted by Gasteiger charge is 2.48. The molecule has 3 aromatic rings. The number of hydrogen-bond donors (Lipinski definition) is 1. The Balaban J connectivity index is 1.91. The van der Waals surface area contributed by atoms with Crippen molar-refractivity contribution in [1.29, 1.82) is 0 Å². The third kappa shape index (κ3) is 3.88. The monoisotopic (exact) mass is 451 g/mol. The molecule has 4 rings (SSSR count). The van der Waals surface area contributed by atoms with E-state index in [1.807, 2.05) is 49.6 Å². The molecule has 8 heteroatoms. The lowest BCUT2D eigenvalue weighted by Gasteiger charge is -2.22. The van der Waals surface area contributed by atoms with Gasteiger partial charge in [0.2, 0.25) is 5.13 Å². The van der Waals surface area contributed by atoms with E-state index >= 15 is 0 Å². The van der Waals surface area contributed by atoms with Gasteiger partial charge in [-0.05, 0) is 30.7 Å². The van der Waals surface area contributed by atoms with Crippen LogP contribution in [0.2, 0.25) is 0 Å². The highest BCUT2D eigenvalue weighted by Crippen LogP contribution is 2.43. The van der Waals surface area contributed by atoms with E-state index in [0.29, 0.717) is 15.0 Å². The molecule has 1 aliphatic heterocycles. The Morgan fingerprint density at radius 3 is 2.35 bits per heavy atom. The third-order valence-electron chi connectivity index (χ3n) is 5.25. The number of Topliss-reactive ketones (excluding diaryl/α,β-unsaturated/α-hetero) is 1. The Hall–Kier alpha value is -2.97. The number of aromatic nitrogens is 2. The number of aryl methyl sites for hydroxylation is 2. The number of aliphatic hydroxyl groups excluding tert-OH is 1. The second kappa shape index (κ2) is 8.64. The molecule has 1 aliphatic rings. The van der Waals surface area contributed by atoms with Crippen LogP contribution >= 0.6 is 23.1 Å². The Labute approximate surface area is 188 Å². The quantitative estimate of drug-likeness (QED) is 0.198. The molecule has 0 bridgehead atoms. The van der Waals surface area contributed by atoms with Gasteiger partial charge in [0.25, 0.3) is 5.78 Å². The number of anilines is 1. The Morgan fingerprint density at radius 2 is 1.77 bits per heavy atom. The van der Waals surface area contributed by atoms with Crippen LogP contribution in [0.15, 0.2) is 58.4 Å². The van der Waals surface area contributed by atoms with E-state index in [0.717, 1.165) is 23.1 Å². The summed E-state index contributed by atoms with van der Waals surface area (Å²) in [6.07, 6.45) is 2.74. The molecule has 1 amide bonds. The largest absolute Gasteiger partial charge is 0.507 e. The summed E-state index contributed by atoms with van der Waals surface area (Å²) in [5.74, 6) is -1.65. The number of thioether (sulfide) groups is 1. The molecule has 0 radical (unpaired) electrons. The number of hydrogen-bond acceptors (Lipinski definition) is 7. The van der Waals surface area contributed by atoms with Crippen LogP contribution in [-0.4, -0.2) is 33.3 Å². The SMILES string of the molecule is CCc1ccc([C@H]2C(=C(O)c3ccc(C)cc3)C(=O)C(=O)N2c2nnc(SC)s2)cc1. The zero-order valence-corrected chi connectivity index (χ0v) is 19.0. The van der Waals surface area contributed by atoms with E-state index in [4.69, 9.17) is 0 Å². The first-order valence-electron chi connectivity index (χ1n) is 9.79. The normalized spacial score (nSPS) is 18.0. The van der Waals surface area contributed by atoms with Gasteiger partial charge in [0, 0.05) is 5.56 Å². The van der Waals surface area contributed by atoms with E-state index in [-0.39, 0.29) is 11.3 Å². The summed E-state index contributed by atoms with van der Waals surface area (Å²) in [4.78, 5) is 27.5. The molecule has 1 atom stereocenters.